The lowest BCUT2D eigenvalue weighted by molar-refractivity contribution is 0.0598. The minimum absolute atomic E-state index is 0.102. The van der Waals surface area contributed by atoms with Crippen molar-refractivity contribution in [3.8, 4) is 0 Å². The first-order valence-electron chi connectivity index (χ1n) is 4.19. The first-order valence-corrected chi connectivity index (χ1v) is 4.73. The van der Waals surface area contributed by atoms with E-state index in [2.05, 4.69) is 9.72 Å². The number of aromatic nitrogens is 1. The highest BCUT2D eigenvalue weighted by molar-refractivity contribution is 6.17. The van der Waals surface area contributed by atoms with Crippen molar-refractivity contribution in [2.24, 2.45) is 0 Å². The number of aromatic amines is 1. The van der Waals surface area contributed by atoms with Crippen molar-refractivity contribution < 1.29 is 18.3 Å². The molecule has 0 spiro atoms. The zero-order valence-electron chi connectivity index (χ0n) is 8.22. The summed E-state index contributed by atoms with van der Waals surface area (Å²) in [5, 5.41) is 0. The average molecular weight is 252 g/mol. The van der Waals surface area contributed by atoms with E-state index in [1.54, 1.807) is 0 Å². The Hall–Kier alpha value is -1.43. The Morgan fingerprint density at radius 1 is 1.62 bits per heavy atom. The van der Waals surface area contributed by atoms with Gasteiger partial charge in [-0.05, 0) is 0 Å². The lowest BCUT2D eigenvalue weighted by Crippen LogP contribution is -2.22. The number of H-pyrrole nitrogens is 1. The Kier molecular flexibility index (Phi) is 4.00. The molecule has 1 rings (SSSR count). The summed E-state index contributed by atoms with van der Waals surface area (Å²) in [6, 6.07) is 0. The van der Waals surface area contributed by atoms with Gasteiger partial charge in [0.2, 0.25) is 5.43 Å². The number of halogens is 3. The number of rotatable bonds is 3. The Morgan fingerprint density at radius 2 is 2.25 bits per heavy atom. The molecule has 0 radical (unpaired) electrons. The van der Waals surface area contributed by atoms with Gasteiger partial charge in [0.15, 0.2) is 0 Å². The molecule has 0 aliphatic heterocycles. The van der Waals surface area contributed by atoms with Gasteiger partial charge in [-0.1, -0.05) is 0 Å². The van der Waals surface area contributed by atoms with E-state index < -0.39 is 29.0 Å². The molecular weight excluding hydrogens is 244 g/mol. The summed E-state index contributed by atoms with van der Waals surface area (Å²) in [5.74, 6) is -1.24. The summed E-state index contributed by atoms with van der Waals surface area (Å²) < 4.78 is 29.5. The molecule has 4 nitrogen and oxygen atoms in total. The van der Waals surface area contributed by atoms with Crippen LogP contribution in [-0.2, 0) is 10.6 Å². The van der Waals surface area contributed by atoms with Gasteiger partial charge in [-0.3, -0.25) is 4.79 Å². The highest BCUT2D eigenvalue weighted by Crippen LogP contribution is 2.19. The van der Waals surface area contributed by atoms with Gasteiger partial charge >= 0.3 is 5.97 Å². The van der Waals surface area contributed by atoms with Crippen molar-refractivity contribution in [2.75, 3.05) is 7.11 Å². The number of hydrogen-bond donors (Lipinski definition) is 1. The fourth-order valence-electron chi connectivity index (χ4n) is 1.19. The van der Waals surface area contributed by atoms with Gasteiger partial charge in [0.05, 0.1) is 18.6 Å². The first-order chi connectivity index (χ1) is 7.52. The molecule has 0 aliphatic rings. The fourth-order valence-corrected chi connectivity index (χ4v) is 1.41. The molecule has 0 atom stereocenters. The van der Waals surface area contributed by atoms with E-state index in [1.165, 1.54) is 0 Å². The van der Waals surface area contributed by atoms with Crippen LogP contribution < -0.4 is 5.43 Å². The van der Waals surface area contributed by atoms with Gasteiger partial charge < -0.3 is 9.72 Å². The molecule has 0 aromatic carbocycles. The molecule has 7 heteroatoms. The van der Waals surface area contributed by atoms with Crippen LogP contribution in [0, 0.1) is 0 Å². The SMILES string of the molecule is COC(=O)c1c[nH]c(CCl)c(C(F)F)c1=O. The minimum Gasteiger partial charge on any atom is -0.465 e. The van der Waals surface area contributed by atoms with Crippen molar-refractivity contribution >= 4 is 17.6 Å². The number of carbonyl (C=O) groups excluding carboxylic acids is 1. The molecule has 0 bridgehead atoms. The summed E-state index contributed by atoms with van der Waals surface area (Å²) in [6.07, 6.45) is -1.99. The van der Waals surface area contributed by atoms with Crippen LogP contribution in [0.1, 0.15) is 28.0 Å². The number of pyridine rings is 1. The number of carbonyl (C=O) groups is 1. The van der Waals surface area contributed by atoms with E-state index in [0.29, 0.717) is 0 Å². The molecule has 16 heavy (non-hydrogen) atoms. The van der Waals surface area contributed by atoms with Crippen LogP contribution in [0.5, 0.6) is 0 Å². The monoisotopic (exact) mass is 251 g/mol. The average Bonchev–Trinajstić information content (AvgIpc) is 2.26. The molecule has 0 saturated carbocycles. The van der Waals surface area contributed by atoms with Crippen molar-refractivity contribution in [3.63, 3.8) is 0 Å². The van der Waals surface area contributed by atoms with Gasteiger partial charge in [-0.2, -0.15) is 0 Å². The number of hydrogen-bond acceptors (Lipinski definition) is 3. The lowest BCUT2D eigenvalue weighted by Gasteiger charge is -2.07. The van der Waals surface area contributed by atoms with Gasteiger partial charge in [-0.25, -0.2) is 13.6 Å². The quantitative estimate of drug-likeness (QED) is 0.659. The predicted molar refractivity (Wildman–Crippen MR) is 52.9 cm³/mol. The van der Waals surface area contributed by atoms with E-state index in [1.807, 2.05) is 0 Å². The molecule has 1 aromatic heterocycles. The Bertz CT molecular complexity index is 459. The van der Waals surface area contributed by atoms with Crippen molar-refractivity contribution in [3.05, 3.63) is 33.2 Å². The van der Waals surface area contributed by atoms with Crippen molar-refractivity contribution in [1.29, 1.82) is 0 Å². The zero-order chi connectivity index (χ0) is 12.3. The van der Waals surface area contributed by atoms with Gasteiger partial charge in [0.1, 0.15) is 5.56 Å². The molecule has 0 unspecified atom stereocenters. The van der Waals surface area contributed by atoms with E-state index in [9.17, 15) is 18.4 Å². The largest absolute Gasteiger partial charge is 0.465 e. The second-order valence-corrected chi connectivity index (χ2v) is 3.12. The summed E-state index contributed by atoms with van der Waals surface area (Å²) in [4.78, 5) is 25.0. The third-order valence-electron chi connectivity index (χ3n) is 1.96. The minimum atomic E-state index is -3.00. The molecule has 0 aliphatic carbocycles. The molecule has 0 fully saturated rings. The van der Waals surface area contributed by atoms with Crippen LogP contribution in [0.25, 0.3) is 0 Å². The van der Waals surface area contributed by atoms with Crippen LogP contribution in [0.4, 0.5) is 8.78 Å². The first kappa shape index (κ1) is 12.6. The topological polar surface area (TPSA) is 59.2 Å². The Labute approximate surface area is 94.2 Å². The predicted octanol–water partition coefficient (Wildman–Crippen LogP) is 1.84. The maximum Gasteiger partial charge on any atom is 0.343 e. The standard InChI is InChI=1S/C9H8ClF2NO3/c1-16-9(15)4-3-13-5(2-10)6(7(4)14)8(11)12/h3,8H,2H2,1H3,(H,13,14). The Morgan fingerprint density at radius 3 is 2.69 bits per heavy atom. The second kappa shape index (κ2) is 5.07. The summed E-state index contributed by atoms with van der Waals surface area (Å²) >= 11 is 5.39. The van der Waals surface area contributed by atoms with Crippen molar-refractivity contribution in [2.45, 2.75) is 12.3 Å². The molecule has 1 heterocycles. The summed E-state index contributed by atoms with van der Waals surface area (Å²) in [7, 11) is 1.05. The lowest BCUT2D eigenvalue weighted by atomic mass is 10.1. The van der Waals surface area contributed by atoms with Gasteiger partial charge in [0, 0.05) is 11.9 Å². The van der Waals surface area contributed by atoms with E-state index in [0.717, 1.165) is 13.3 Å². The van der Waals surface area contributed by atoms with Crippen LogP contribution in [0.2, 0.25) is 0 Å². The summed E-state index contributed by atoms with van der Waals surface area (Å²) in [6.45, 7) is 0. The highest BCUT2D eigenvalue weighted by atomic mass is 35.5. The van der Waals surface area contributed by atoms with Gasteiger partial charge in [0.25, 0.3) is 6.43 Å². The van der Waals surface area contributed by atoms with Crippen LogP contribution >= 0.6 is 11.6 Å². The van der Waals surface area contributed by atoms with Crippen molar-refractivity contribution in [1.82, 2.24) is 4.98 Å². The second-order valence-electron chi connectivity index (χ2n) is 2.85. The zero-order valence-corrected chi connectivity index (χ0v) is 8.98. The molecule has 0 amide bonds. The number of esters is 1. The summed E-state index contributed by atoms with van der Waals surface area (Å²) in [5.41, 5.74) is -2.42. The number of nitrogens with one attached hydrogen (secondary N) is 1. The number of ether oxygens (including phenoxy) is 1. The molecule has 0 saturated heterocycles. The van der Waals surface area contributed by atoms with Crippen LogP contribution in [0.3, 0.4) is 0 Å². The van der Waals surface area contributed by atoms with E-state index in [4.69, 9.17) is 11.6 Å². The Balaban J connectivity index is 3.44. The normalized spacial score (nSPS) is 10.6. The third-order valence-corrected chi connectivity index (χ3v) is 2.23. The molecular formula is C9H8ClF2NO3. The van der Waals surface area contributed by atoms with Gasteiger partial charge in [-0.15, -0.1) is 11.6 Å². The molecule has 1 N–H and O–H groups in total. The number of methoxy groups -OCH3 is 1. The maximum atomic E-state index is 12.6. The number of alkyl halides is 3. The third kappa shape index (κ3) is 2.21. The van der Waals surface area contributed by atoms with Crippen LogP contribution in [0.15, 0.2) is 11.0 Å². The molecule has 1 aromatic rings. The molecule has 88 valence electrons. The maximum absolute atomic E-state index is 12.6. The van der Waals surface area contributed by atoms with Crippen LogP contribution in [-0.4, -0.2) is 18.1 Å². The van der Waals surface area contributed by atoms with E-state index in [-0.39, 0.29) is 11.6 Å². The smallest absolute Gasteiger partial charge is 0.343 e. The highest BCUT2D eigenvalue weighted by Gasteiger charge is 2.22. The van der Waals surface area contributed by atoms with E-state index >= 15 is 0 Å². The fraction of sp³-hybridized carbons (Fsp3) is 0.333.